The molecule has 1 spiro atoms. The quantitative estimate of drug-likeness (QED) is 0.180. The standard InChI is InChI=1S/C56H33N3/c57-34-35-12-10-15-39(32-35)58(38-26-24-37(25-27-38)36-13-2-1-3-14-36)40-28-29-47-51(33-40)56(48-21-7-4-16-41(48)42-17-5-8-22-49(42)56)50-31-30-46-45-20-11-19-44-43-18-6-9-23-52(43)59(54(44)45)55(46)53(47)50/h1-33H. The topological polar surface area (TPSA) is 31.4 Å². The molecule has 0 fully saturated rings. The molecule has 0 aliphatic heterocycles. The van der Waals surface area contributed by atoms with Gasteiger partial charge >= 0.3 is 0 Å². The van der Waals surface area contributed by atoms with Gasteiger partial charge in [-0.25, -0.2) is 0 Å². The van der Waals surface area contributed by atoms with Crippen LogP contribution in [-0.4, -0.2) is 4.40 Å². The van der Waals surface area contributed by atoms with Crippen LogP contribution in [0.1, 0.15) is 27.8 Å². The van der Waals surface area contributed by atoms with E-state index in [4.69, 9.17) is 0 Å². The number of aromatic nitrogens is 1. The van der Waals surface area contributed by atoms with Crippen LogP contribution in [0.2, 0.25) is 0 Å². The molecule has 2 aliphatic rings. The normalized spacial score (nSPS) is 13.2. The van der Waals surface area contributed by atoms with Crippen LogP contribution in [0.3, 0.4) is 0 Å². The van der Waals surface area contributed by atoms with Gasteiger partial charge in [-0.15, -0.1) is 0 Å². The number of rotatable bonds is 4. The Morgan fingerprint density at radius 2 is 1.02 bits per heavy atom. The van der Waals surface area contributed by atoms with E-state index >= 15 is 0 Å². The first-order valence-corrected chi connectivity index (χ1v) is 20.2. The number of nitriles is 1. The van der Waals surface area contributed by atoms with Gasteiger partial charge in [-0.05, 0) is 98.6 Å². The molecule has 0 atom stereocenters. The van der Waals surface area contributed by atoms with Gasteiger partial charge in [0.1, 0.15) is 0 Å². The van der Waals surface area contributed by atoms with Crippen LogP contribution in [0.15, 0.2) is 200 Å². The molecule has 2 aliphatic carbocycles. The molecule has 0 amide bonds. The highest BCUT2D eigenvalue weighted by atomic mass is 15.1. The summed E-state index contributed by atoms with van der Waals surface area (Å²) in [7, 11) is 0. The van der Waals surface area contributed by atoms with E-state index < -0.39 is 5.41 Å². The maximum atomic E-state index is 10.1. The predicted molar refractivity (Wildman–Crippen MR) is 242 cm³/mol. The van der Waals surface area contributed by atoms with Crippen molar-refractivity contribution in [2.45, 2.75) is 5.41 Å². The Balaban J connectivity index is 1.14. The van der Waals surface area contributed by atoms with Crippen molar-refractivity contribution in [3.05, 3.63) is 228 Å². The minimum Gasteiger partial charge on any atom is -0.310 e. The maximum Gasteiger partial charge on any atom is 0.0992 e. The number of nitrogens with zero attached hydrogens (tertiary/aromatic N) is 3. The fraction of sp³-hybridized carbons (Fsp3) is 0.0179. The van der Waals surface area contributed by atoms with E-state index in [1.807, 2.05) is 18.2 Å². The van der Waals surface area contributed by atoms with E-state index in [-0.39, 0.29) is 0 Å². The molecule has 0 unspecified atom stereocenters. The Morgan fingerprint density at radius 1 is 0.407 bits per heavy atom. The van der Waals surface area contributed by atoms with E-state index in [1.165, 1.54) is 88.2 Å². The molecule has 3 heteroatoms. The lowest BCUT2D eigenvalue weighted by atomic mass is 9.70. The zero-order valence-electron chi connectivity index (χ0n) is 31.9. The smallest absolute Gasteiger partial charge is 0.0992 e. The van der Waals surface area contributed by atoms with Crippen molar-refractivity contribution in [1.82, 2.24) is 4.40 Å². The molecule has 0 saturated carbocycles. The largest absolute Gasteiger partial charge is 0.310 e. The molecule has 3 nitrogen and oxygen atoms in total. The van der Waals surface area contributed by atoms with Crippen molar-refractivity contribution in [3.63, 3.8) is 0 Å². The molecule has 9 aromatic carbocycles. The molecule has 0 bridgehead atoms. The van der Waals surface area contributed by atoms with Crippen molar-refractivity contribution in [1.29, 1.82) is 5.26 Å². The highest BCUT2D eigenvalue weighted by molar-refractivity contribution is 6.26. The zero-order valence-corrected chi connectivity index (χ0v) is 31.9. The van der Waals surface area contributed by atoms with E-state index in [0.29, 0.717) is 5.56 Å². The highest BCUT2D eigenvalue weighted by Crippen LogP contribution is 2.65. The van der Waals surface area contributed by atoms with Gasteiger partial charge < -0.3 is 9.30 Å². The van der Waals surface area contributed by atoms with Gasteiger partial charge in [-0.2, -0.15) is 5.26 Å². The summed E-state index contributed by atoms with van der Waals surface area (Å²) in [6, 6.07) is 75.2. The van der Waals surface area contributed by atoms with Crippen LogP contribution >= 0.6 is 0 Å². The van der Waals surface area contributed by atoms with Crippen LogP contribution < -0.4 is 4.90 Å². The number of benzene rings is 9. The molecular formula is C56H33N3. The highest BCUT2D eigenvalue weighted by Gasteiger charge is 2.52. The van der Waals surface area contributed by atoms with Crippen molar-refractivity contribution >= 4 is 55.2 Å². The third kappa shape index (κ3) is 4.15. The third-order valence-electron chi connectivity index (χ3n) is 13.1. The van der Waals surface area contributed by atoms with Gasteiger partial charge in [0.15, 0.2) is 0 Å². The molecule has 272 valence electrons. The summed E-state index contributed by atoms with van der Waals surface area (Å²) in [6.07, 6.45) is 0. The van der Waals surface area contributed by atoms with Gasteiger partial charge in [0.25, 0.3) is 0 Å². The van der Waals surface area contributed by atoms with Gasteiger partial charge in [-0.1, -0.05) is 152 Å². The number of fused-ring (bicyclic) bond motifs is 17. The van der Waals surface area contributed by atoms with Crippen molar-refractivity contribution in [2.75, 3.05) is 4.90 Å². The number of hydrogen-bond acceptors (Lipinski definition) is 2. The maximum absolute atomic E-state index is 10.1. The Bertz CT molecular complexity index is 3520. The first kappa shape index (κ1) is 32.2. The lowest BCUT2D eigenvalue weighted by Crippen LogP contribution is -2.26. The minimum atomic E-state index is -0.558. The zero-order chi connectivity index (χ0) is 38.8. The second-order valence-electron chi connectivity index (χ2n) is 15.9. The molecule has 0 saturated heterocycles. The van der Waals surface area contributed by atoms with Crippen molar-refractivity contribution in [2.24, 2.45) is 0 Å². The van der Waals surface area contributed by atoms with E-state index in [9.17, 15) is 5.26 Å². The summed E-state index contributed by atoms with van der Waals surface area (Å²) in [5, 5.41) is 15.2. The summed E-state index contributed by atoms with van der Waals surface area (Å²) in [5.74, 6) is 0. The second kappa shape index (κ2) is 11.8. The van der Waals surface area contributed by atoms with Gasteiger partial charge in [-0.3, -0.25) is 0 Å². The first-order valence-electron chi connectivity index (χ1n) is 20.2. The third-order valence-corrected chi connectivity index (χ3v) is 13.1. The van der Waals surface area contributed by atoms with Crippen LogP contribution in [0.4, 0.5) is 17.1 Å². The molecule has 13 rings (SSSR count). The van der Waals surface area contributed by atoms with E-state index in [0.717, 1.165) is 22.6 Å². The molecule has 59 heavy (non-hydrogen) atoms. The molecule has 11 aromatic rings. The van der Waals surface area contributed by atoms with Crippen molar-refractivity contribution < 1.29 is 0 Å². The van der Waals surface area contributed by atoms with Crippen LogP contribution in [-0.2, 0) is 5.41 Å². The number of anilines is 3. The summed E-state index contributed by atoms with van der Waals surface area (Å²) >= 11 is 0. The Kier molecular flexibility index (Phi) is 6.44. The Labute approximate surface area is 341 Å². The van der Waals surface area contributed by atoms with Crippen LogP contribution in [0.5, 0.6) is 0 Å². The second-order valence-corrected chi connectivity index (χ2v) is 15.9. The van der Waals surface area contributed by atoms with Gasteiger partial charge in [0.05, 0.1) is 33.6 Å². The van der Waals surface area contributed by atoms with Crippen LogP contribution in [0, 0.1) is 11.3 Å². The SMILES string of the molecule is N#Cc1cccc(N(c2ccc(-c3ccccc3)cc2)c2ccc3c(c2)C2(c4ccccc4-c4ccccc42)c2ccc4c5cccc6c7ccccc7n(c4c2-3)c65)c1. The molecule has 2 heterocycles. The monoisotopic (exact) mass is 747 g/mol. The van der Waals surface area contributed by atoms with Crippen LogP contribution in [0.25, 0.3) is 71.5 Å². The van der Waals surface area contributed by atoms with Gasteiger partial charge in [0, 0.05) is 44.2 Å². The lowest BCUT2D eigenvalue weighted by Gasteiger charge is -2.32. The summed E-state index contributed by atoms with van der Waals surface area (Å²) < 4.78 is 2.55. The average Bonchev–Trinajstić information content (AvgIpc) is 4.01. The fourth-order valence-corrected chi connectivity index (χ4v) is 10.8. The molecule has 0 radical (unpaired) electrons. The van der Waals surface area contributed by atoms with E-state index in [1.54, 1.807) is 0 Å². The van der Waals surface area contributed by atoms with Crippen molar-refractivity contribution in [3.8, 4) is 39.4 Å². The predicted octanol–water partition coefficient (Wildman–Crippen LogP) is 14.2. The fourth-order valence-electron chi connectivity index (χ4n) is 10.8. The van der Waals surface area contributed by atoms with Gasteiger partial charge in [0.2, 0.25) is 0 Å². The lowest BCUT2D eigenvalue weighted by molar-refractivity contribution is 0.794. The summed E-state index contributed by atoms with van der Waals surface area (Å²) in [5.41, 5.74) is 19.5. The minimum absolute atomic E-state index is 0.558. The van der Waals surface area contributed by atoms with E-state index in [2.05, 4.69) is 197 Å². The number of para-hydroxylation sites is 2. The summed E-state index contributed by atoms with van der Waals surface area (Å²) in [4.78, 5) is 2.31. The molecule has 2 aromatic heterocycles. The molecular weight excluding hydrogens is 715 g/mol. The summed E-state index contributed by atoms with van der Waals surface area (Å²) in [6.45, 7) is 0. The molecule has 0 N–H and O–H groups in total. The Morgan fingerprint density at radius 3 is 1.80 bits per heavy atom. The number of hydrogen-bond donors (Lipinski definition) is 0. The average molecular weight is 748 g/mol. The Hall–Kier alpha value is -7.93. The first-order chi connectivity index (χ1) is 29.2.